The molecule has 4 aromatic rings. The lowest BCUT2D eigenvalue weighted by Crippen LogP contribution is -2.54. The fourth-order valence-corrected chi connectivity index (χ4v) is 11.9. The number of hydrogen-bond acceptors (Lipinski definition) is 21. The summed E-state index contributed by atoms with van der Waals surface area (Å²) in [7, 11) is 0. The van der Waals surface area contributed by atoms with Crippen LogP contribution in [0.25, 0.3) is 27.0 Å². The molecule has 4 aliphatic rings. The van der Waals surface area contributed by atoms with Gasteiger partial charge in [0.2, 0.25) is 17.7 Å². The second-order valence-corrected chi connectivity index (χ2v) is 24.3. The minimum atomic E-state index is -1.98. The number of anilines is 1. The van der Waals surface area contributed by atoms with Crippen molar-refractivity contribution in [2.75, 3.05) is 144 Å². The average Bonchev–Trinajstić information content (AvgIpc) is 1.62. The normalized spacial score (nSPS) is 17.4. The predicted molar refractivity (Wildman–Crippen MR) is 358 cm³/mol. The molecule has 0 radical (unpaired) electrons. The highest BCUT2D eigenvalue weighted by atomic mass is 19.1. The zero-order chi connectivity index (χ0) is 70.7. The summed E-state index contributed by atoms with van der Waals surface area (Å²) in [6.07, 6.45) is 5.24. The van der Waals surface area contributed by atoms with Gasteiger partial charge in [0, 0.05) is 83.8 Å². The molecule has 2 aromatic heterocycles. The van der Waals surface area contributed by atoms with Crippen molar-refractivity contribution >= 4 is 57.9 Å². The topological polar surface area (TPSA) is 391 Å². The quantitative estimate of drug-likeness (QED) is 0.0101. The van der Waals surface area contributed by atoms with Gasteiger partial charge in [0.1, 0.15) is 24.5 Å². The molecule has 0 fully saturated rings. The number of nitrogens with one attached hydrogen (secondary N) is 5. The maximum atomic E-state index is 15.6. The third-order valence-electron chi connectivity index (χ3n) is 17.2. The Bertz CT molecular complexity index is 3510. The molecule has 2 aromatic carbocycles. The van der Waals surface area contributed by atoms with Gasteiger partial charge < -0.3 is 99.4 Å². The largest absolute Gasteiger partial charge is 0.459 e. The van der Waals surface area contributed by atoms with Crippen molar-refractivity contribution < 1.29 is 90.7 Å². The van der Waals surface area contributed by atoms with E-state index in [1.807, 2.05) is 16.7 Å². The van der Waals surface area contributed by atoms with Gasteiger partial charge in [-0.1, -0.05) is 38.0 Å². The maximum absolute atomic E-state index is 15.6. The third kappa shape index (κ3) is 21.7. The second-order valence-electron chi connectivity index (χ2n) is 24.3. The number of aliphatic hydroxyl groups excluding tert-OH is 1. The zero-order valence-electron chi connectivity index (χ0n) is 56.7. The van der Waals surface area contributed by atoms with Crippen molar-refractivity contribution in [2.24, 2.45) is 16.8 Å². The summed E-state index contributed by atoms with van der Waals surface area (Å²) < 4.78 is 72.0. The molecule has 0 saturated carbocycles. The molecule has 9 N–H and O–H groups in total. The lowest BCUT2D eigenvalue weighted by Gasteiger charge is -2.40. The van der Waals surface area contributed by atoms with E-state index < -0.39 is 65.5 Å². The van der Waals surface area contributed by atoms with E-state index in [0.29, 0.717) is 164 Å². The van der Waals surface area contributed by atoms with Crippen LogP contribution in [-0.2, 0) is 86.1 Å². The van der Waals surface area contributed by atoms with E-state index in [-0.39, 0.29) is 82.6 Å². The number of esters is 1. The number of benzene rings is 2. The van der Waals surface area contributed by atoms with E-state index in [2.05, 4.69) is 36.6 Å². The summed E-state index contributed by atoms with van der Waals surface area (Å²) in [6.45, 7) is 14.4. The second kappa shape index (κ2) is 39.0. The Balaban J connectivity index is 0.723. The Kier molecular flexibility index (Phi) is 30.2. The number of amides is 6. The average molecular weight is 1390 g/mol. The summed E-state index contributed by atoms with van der Waals surface area (Å²) in [6, 6.07) is 6.83. The number of hydrogen-bond donors (Lipinski definition) is 8. The fourth-order valence-electron chi connectivity index (χ4n) is 11.9. The molecule has 30 nitrogen and oxygen atoms in total. The van der Waals surface area contributed by atoms with Crippen LogP contribution in [0.1, 0.15) is 103 Å². The highest BCUT2D eigenvalue weighted by molar-refractivity contribution is 5.99. The lowest BCUT2D eigenvalue weighted by atomic mass is 9.81. The molecular weight excluding hydrogens is 1290 g/mol. The van der Waals surface area contributed by atoms with Crippen LogP contribution >= 0.6 is 0 Å². The molecule has 8 rings (SSSR count). The van der Waals surface area contributed by atoms with Gasteiger partial charge in [-0.2, -0.15) is 0 Å². The van der Waals surface area contributed by atoms with Gasteiger partial charge in [0.25, 0.3) is 5.91 Å². The van der Waals surface area contributed by atoms with Crippen LogP contribution in [0, 0.1) is 18.7 Å². The summed E-state index contributed by atoms with van der Waals surface area (Å²) in [5, 5.41) is 41.6. The number of fused-ring (bicyclic) bond motifs is 4. The SMILES string of the molecule is CC[C@@]1(O)C(=O)OCC2=C1C=C1c3nc4cc(F)c(C)c5c4c(c3CN1C2O)[C@@H](NC(=O)c1ccn(Cc2ccc(NC(=O)[C@H](CCCNC(N)=O)NC(=O)[C@@H](NC(=O)CCOCCOCCOCCOCCOCCOCCOCCOCCOCCN=[N+]=[N-])C(C)C)cc2)c1)CC5. The number of azide groups is 1. The molecular formula is C68H93FN12O18. The Labute approximate surface area is 573 Å². The number of aliphatic hydroxyl groups is 2. The van der Waals surface area contributed by atoms with Gasteiger partial charge in [0.05, 0.1) is 147 Å². The van der Waals surface area contributed by atoms with Gasteiger partial charge in [-0.3, -0.25) is 19.2 Å². The number of nitrogens with zero attached hydrogens (tertiary/aromatic N) is 6. The molecule has 1 aliphatic carbocycles. The van der Waals surface area contributed by atoms with Crippen molar-refractivity contribution in [3.8, 4) is 0 Å². The molecule has 0 bridgehead atoms. The summed E-state index contributed by atoms with van der Waals surface area (Å²) >= 11 is 0. The molecule has 0 saturated heterocycles. The van der Waals surface area contributed by atoms with Crippen LogP contribution < -0.4 is 32.3 Å². The smallest absolute Gasteiger partial charge is 0.343 e. The number of aromatic nitrogens is 2. The first kappa shape index (κ1) is 76.6. The molecule has 540 valence electrons. The Morgan fingerprint density at radius 2 is 1.43 bits per heavy atom. The summed E-state index contributed by atoms with van der Waals surface area (Å²) in [4.78, 5) is 88.7. The van der Waals surface area contributed by atoms with Crippen LogP contribution in [0.3, 0.4) is 0 Å². The monoisotopic (exact) mass is 1380 g/mol. The molecule has 99 heavy (non-hydrogen) atoms. The number of aryl methyl sites for hydroxylation is 1. The standard InChI is InChI=1S/C68H93FN12O18/c1-5-68(89)51-37-56-61-49(41-81(56)65(86)50(51)42-99-66(68)87)59-53(13-12-48-44(4)52(69)38-55(75-61)58(48)59)76-62(83)46-14-18-80(40-46)39-45-8-10-47(11-9-45)74-63(84)54(7-6-16-72-67(70)88)77-64(85)60(43(2)3)78-57(82)15-19-90-21-23-92-25-27-94-29-31-96-33-35-98-36-34-97-32-30-95-28-26-93-24-22-91-20-17-73-79-71/h8-11,14,18,37-38,40,43,53-54,60,65,86,89H,5-7,12-13,15-17,19-36,39,41-42H2,1-4H3,(H,74,84)(H,76,83)(H,77,85)(H,78,82)(H3,70,72,88)/t53-,54-,60-,65?,68-/m0/s1. The van der Waals surface area contributed by atoms with Crippen molar-refractivity contribution in [3.63, 3.8) is 0 Å². The van der Waals surface area contributed by atoms with Gasteiger partial charge in [-0.25, -0.2) is 19.0 Å². The number of primary amides is 1. The van der Waals surface area contributed by atoms with Gasteiger partial charge >= 0.3 is 12.0 Å². The van der Waals surface area contributed by atoms with E-state index in [0.717, 1.165) is 27.6 Å². The minimum absolute atomic E-state index is 0.00989. The van der Waals surface area contributed by atoms with E-state index in [9.17, 15) is 39.0 Å². The third-order valence-corrected chi connectivity index (χ3v) is 17.2. The Morgan fingerprint density at radius 3 is 2.01 bits per heavy atom. The van der Waals surface area contributed by atoms with E-state index in [4.69, 9.17) is 63.6 Å². The summed E-state index contributed by atoms with van der Waals surface area (Å²) in [5.41, 5.74) is 17.9. The van der Waals surface area contributed by atoms with Gasteiger partial charge in [0.15, 0.2) is 11.8 Å². The van der Waals surface area contributed by atoms with Crippen molar-refractivity contribution in [1.29, 1.82) is 0 Å². The van der Waals surface area contributed by atoms with Crippen molar-refractivity contribution in [3.05, 3.63) is 121 Å². The van der Waals surface area contributed by atoms with Crippen LogP contribution in [0.15, 0.2) is 71.1 Å². The maximum Gasteiger partial charge on any atom is 0.343 e. The number of halogens is 1. The molecule has 0 spiro atoms. The van der Waals surface area contributed by atoms with Crippen LogP contribution in [0.5, 0.6) is 0 Å². The number of carbonyl (C=O) groups is 6. The van der Waals surface area contributed by atoms with Gasteiger partial charge in [-0.15, -0.1) is 0 Å². The molecule has 6 amide bonds. The summed E-state index contributed by atoms with van der Waals surface area (Å²) in [5.74, 6) is -3.46. The zero-order valence-corrected chi connectivity index (χ0v) is 56.7. The van der Waals surface area contributed by atoms with E-state index in [1.54, 1.807) is 69.3 Å². The number of rotatable bonds is 45. The molecule has 5 atom stereocenters. The number of nitrogens with two attached hydrogens (primary N) is 1. The van der Waals surface area contributed by atoms with Crippen LogP contribution in [0.2, 0.25) is 0 Å². The first-order valence-corrected chi connectivity index (χ1v) is 33.6. The Morgan fingerprint density at radius 1 is 0.838 bits per heavy atom. The van der Waals surface area contributed by atoms with Crippen molar-refractivity contribution in [2.45, 2.75) is 109 Å². The fraction of sp³-hybridized carbons (Fsp3) is 0.574. The molecule has 3 aliphatic heterocycles. The first-order valence-electron chi connectivity index (χ1n) is 33.6. The number of ether oxygens (including phenoxy) is 10. The first-order chi connectivity index (χ1) is 47.9. The van der Waals surface area contributed by atoms with Crippen LogP contribution in [-0.4, -0.2) is 223 Å². The number of pyridine rings is 1. The van der Waals surface area contributed by atoms with E-state index in [1.165, 1.54) is 6.07 Å². The van der Waals surface area contributed by atoms with Gasteiger partial charge in [-0.05, 0) is 97.0 Å². The van der Waals surface area contributed by atoms with E-state index >= 15 is 4.39 Å². The minimum Gasteiger partial charge on any atom is -0.459 e. The van der Waals surface area contributed by atoms with Crippen molar-refractivity contribution in [1.82, 2.24) is 35.7 Å². The number of cyclic esters (lactones) is 1. The number of urea groups is 1. The molecule has 31 heteroatoms. The predicted octanol–water partition coefficient (Wildman–Crippen LogP) is 4.29. The molecule has 1 unspecified atom stereocenters. The molecule has 5 heterocycles. The number of carbonyl (C=O) groups excluding carboxylic acids is 6. The lowest BCUT2D eigenvalue weighted by molar-refractivity contribution is -0.164. The highest BCUT2D eigenvalue weighted by Crippen LogP contribution is 2.49. The highest BCUT2D eigenvalue weighted by Gasteiger charge is 2.50. The Hall–Kier alpha value is -8.17. The van der Waals surface area contributed by atoms with Crippen LogP contribution in [0.4, 0.5) is 14.9 Å².